The van der Waals surface area contributed by atoms with Crippen molar-refractivity contribution in [3.05, 3.63) is 34.1 Å². The first kappa shape index (κ1) is 8.20. The van der Waals surface area contributed by atoms with Gasteiger partial charge < -0.3 is 5.84 Å². The van der Waals surface area contributed by atoms with Crippen LogP contribution in [0.4, 0.5) is 4.39 Å². The molecule has 1 aromatic carbocycles. The molecule has 11 heavy (non-hydrogen) atoms. The summed E-state index contributed by atoms with van der Waals surface area (Å²) in [7, 11) is 0. The van der Waals surface area contributed by atoms with Crippen molar-refractivity contribution in [2.45, 2.75) is 0 Å². The first-order valence-electron chi connectivity index (χ1n) is 2.92. The van der Waals surface area contributed by atoms with E-state index < -0.39 is 0 Å². The Balaban J connectivity index is 3.05. The Kier molecular flexibility index (Phi) is 2.59. The lowest BCUT2D eigenvalue weighted by atomic mass is 10.2. The van der Waals surface area contributed by atoms with Gasteiger partial charge in [0, 0.05) is 0 Å². The molecule has 4 heteroatoms. The second kappa shape index (κ2) is 3.48. The van der Waals surface area contributed by atoms with Crippen molar-refractivity contribution in [3.8, 4) is 0 Å². The minimum absolute atomic E-state index is 0.292. The van der Waals surface area contributed by atoms with E-state index in [9.17, 15) is 4.39 Å². The van der Waals surface area contributed by atoms with E-state index in [2.05, 4.69) is 21.0 Å². The Morgan fingerprint density at radius 3 is 2.82 bits per heavy atom. The molecular weight excluding hydrogens is 211 g/mol. The number of hydrazone groups is 1. The van der Waals surface area contributed by atoms with Crippen LogP contribution in [0.15, 0.2) is 27.8 Å². The van der Waals surface area contributed by atoms with Crippen LogP contribution < -0.4 is 5.84 Å². The van der Waals surface area contributed by atoms with Crippen molar-refractivity contribution >= 4 is 22.1 Å². The SMILES string of the molecule is N/N=C/c1ccc(F)c(Br)c1. The standard InChI is InChI=1S/C7H6BrFN2/c8-6-3-5(4-11-10)1-2-7(6)9/h1-4H,10H2/b11-4+. The van der Waals surface area contributed by atoms with Crippen molar-refractivity contribution < 1.29 is 4.39 Å². The summed E-state index contributed by atoms with van der Waals surface area (Å²) < 4.78 is 13.0. The van der Waals surface area contributed by atoms with E-state index in [-0.39, 0.29) is 5.82 Å². The van der Waals surface area contributed by atoms with Gasteiger partial charge in [-0.1, -0.05) is 6.07 Å². The molecule has 0 atom stereocenters. The number of hydrogen-bond donors (Lipinski definition) is 1. The van der Waals surface area contributed by atoms with E-state index in [1.165, 1.54) is 12.3 Å². The van der Waals surface area contributed by atoms with Gasteiger partial charge in [0.2, 0.25) is 0 Å². The number of nitrogens with zero attached hydrogens (tertiary/aromatic N) is 1. The second-order valence-corrected chi connectivity index (χ2v) is 2.81. The third kappa shape index (κ3) is 2.01. The van der Waals surface area contributed by atoms with Gasteiger partial charge in [0.15, 0.2) is 0 Å². The highest BCUT2D eigenvalue weighted by atomic mass is 79.9. The molecule has 0 saturated heterocycles. The number of benzene rings is 1. The van der Waals surface area contributed by atoms with E-state index in [1.54, 1.807) is 12.1 Å². The molecule has 0 aliphatic carbocycles. The lowest BCUT2D eigenvalue weighted by Gasteiger charge is -1.94. The summed E-state index contributed by atoms with van der Waals surface area (Å²) >= 11 is 3.04. The van der Waals surface area contributed by atoms with Gasteiger partial charge in [0.05, 0.1) is 10.7 Å². The van der Waals surface area contributed by atoms with E-state index in [1.807, 2.05) is 0 Å². The zero-order valence-electron chi connectivity index (χ0n) is 5.59. The molecule has 0 amide bonds. The fraction of sp³-hybridized carbons (Fsp3) is 0. The smallest absolute Gasteiger partial charge is 0.137 e. The van der Waals surface area contributed by atoms with Gasteiger partial charge in [-0.3, -0.25) is 0 Å². The predicted molar refractivity (Wildman–Crippen MR) is 45.9 cm³/mol. The lowest BCUT2D eigenvalue weighted by Crippen LogP contribution is -1.87. The fourth-order valence-corrected chi connectivity index (χ4v) is 1.08. The van der Waals surface area contributed by atoms with E-state index in [0.717, 1.165) is 5.56 Å². The molecule has 0 unspecified atom stereocenters. The highest BCUT2D eigenvalue weighted by Crippen LogP contribution is 2.15. The molecule has 0 aliphatic heterocycles. The molecular formula is C7H6BrFN2. The van der Waals surface area contributed by atoms with Crippen molar-refractivity contribution in [1.82, 2.24) is 0 Å². The van der Waals surface area contributed by atoms with Gasteiger partial charge in [0.1, 0.15) is 5.82 Å². The summed E-state index contributed by atoms with van der Waals surface area (Å²) in [5, 5.41) is 3.31. The maximum Gasteiger partial charge on any atom is 0.137 e. The Morgan fingerprint density at radius 2 is 2.27 bits per heavy atom. The largest absolute Gasteiger partial charge is 0.323 e. The summed E-state index contributed by atoms with van der Waals surface area (Å²) in [5.74, 6) is 4.62. The van der Waals surface area contributed by atoms with Crippen molar-refractivity contribution in [1.29, 1.82) is 0 Å². The maximum atomic E-state index is 12.6. The van der Waals surface area contributed by atoms with Crippen LogP contribution in [0.25, 0.3) is 0 Å². The first-order valence-corrected chi connectivity index (χ1v) is 3.71. The van der Waals surface area contributed by atoms with Crippen LogP contribution in [0.2, 0.25) is 0 Å². The molecule has 1 rings (SSSR count). The number of rotatable bonds is 1. The van der Waals surface area contributed by atoms with Gasteiger partial charge in [-0.05, 0) is 33.6 Å². The van der Waals surface area contributed by atoms with E-state index >= 15 is 0 Å². The third-order valence-electron chi connectivity index (χ3n) is 1.17. The Bertz CT molecular complexity index is 286. The zero-order chi connectivity index (χ0) is 8.27. The summed E-state index contributed by atoms with van der Waals surface area (Å²) in [5.41, 5.74) is 0.765. The van der Waals surface area contributed by atoms with Crippen LogP contribution in [0.3, 0.4) is 0 Å². The summed E-state index contributed by atoms with van der Waals surface area (Å²) in [6, 6.07) is 4.54. The maximum absolute atomic E-state index is 12.6. The number of halogens is 2. The molecule has 0 radical (unpaired) electrons. The van der Waals surface area contributed by atoms with Gasteiger partial charge in [-0.25, -0.2) is 4.39 Å². The lowest BCUT2D eigenvalue weighted by molar-refractivity contribution is 0.621. The molecule has 0 aromatic heterocycles. The van der Waals surface area contributed by atoms with Crippen molar-refractivity contribution in [2.75, 3.05) is 0 Å². The van der Waals surface area contributed by atoms with Gasteiger partial charge in [-0.15, -0.1) is 0 Å². The van der Waals surface area contributed by atoms with Crippen LogP contribution >= 0.6 is 15.9 Å². The predicted octanol–water partition coefficient (Wildman–Crippen LogP) is 1.88. The Hall–Kier alpha value is -0.900. The Morgan fingerprint density at radius 1 is 1.55 bits per heavy atom. The quantitative estimate of drug-likeness (QED) is 0.435. The number of hydrogen-bond acceptors (Lipinski definition) is 2. The molecule has 0 heterocycles. The molecule has 0 saturated carbocycles. The summed E-state index contributed by atoms with van der Waals surface area (Å²) in [6.45, 7) is 0. The van der Waals surface area contributed by atoms with Crippen LogP contribution in [-0.2, 0) is 0 Å². The molecule has 1 aromatic rings. The summed E-state index contributed by atoms with van der Waals surface area (Å²) in [4.78, 5) is 0. The van der Waals surface area contributed by atoms with E-state index in [4.69, 9.17) is 5.84 Å². The monoisotopic (exact) mass is 216 g/mol. The average Bonchev–Trinajstić information content (AvgIpc) is 1.98. The Labute approximate surface area is 72.0 Å². The third-order valence-corrected chi connectivity index (χ3v) is 1.77. The molecule has 0 spiro atoms. The molecule has 2 nitrogen and oxygen atoms in total. The normalized spacial score (nSPS) is 10.7. The minimum atomic E-state index is -0.292. The summed E-state index contributed by atoms with van der Waals surface area (Å²) in [6.07, 6.45) is 1.45. The molecule has 58 valence electrons. The highest BCUT2D eigenvalue weighted by molar-refractivity contribution is 9.10. The van der Waals surface area contributed by atoms with Crippen molar-refractivity contribution in [3.63, 3.8) is 0 Å². The van der Waals surface area contributed by atoms with Crippen LogP contribution in [0.5, 0.6) is 0 Å². The van der Waals surface area contributed by atoms with Crippen molar-refractivity contribution in [2.24, 2.45) is 10.9 Å². The minimum Gasteiger partial charge on any atom is -0.323 e. The molecule has 0 bridgehead atoms. The molecule has 2 N–H and O–H groups in total. The van der Waals surface area contributed by atoms with Gasteiger partial charge in [-0.2, -0.15) is 5.10 Å². The van der Waals surface area contributed by atoms with E-state index in [0.29, 0.717) is 4.47 Å². The molecule has 0 aliphatic rings. The zero-order valence-corrected chi connectivity index (χ0v) is 7.18. The second-order valence-electron chi connectivity index (χ2n) is 1.95. The fourth-order valence-electron chi connectivity index (χ4n) is 0.679. The molecule has 0 fully saturated rings. The number of nitrogens with two attached hydrogens (primary N) is 1. The highest BCUT2D eigenvalue weighted by Gasteiger charge is 1.97. The average molecular weight is 217 g/mol. The van der Waals surface area contributed by atoms with Crippen LogP contribution in [0, 0.1) is 5.82 Å². The topological polar surface area (TPSA) is 38.4 Å². The first-order chi connectivity index (χ1) is 5.24. The van der Waals surface area contributed by atoms with Gasteiger partial charge >= 0.3 is 0 Å². The van der Waals surface area contributed by atoms with Gasteiger partial charge in [0.25, 0.3) is 0 Å². The van der Waals surface area contributed by atoms with Crippen LogP contribution in [-0.4, -0.2) is 6.21 Å². The van der Waals surface area contributed by atoms with Crippen LogP contribution in [0.1, 0.15) is 5.56 Å².